The normalized spacial score (nSPS) is 24.3. The van der Waals surface area contributed by atoms with Crippen molar-refractivity contribution in [1.82, 2.24) is 0 Å². The predicted molar refractivity (Wildman–Crippen MR) is 37.5 cm³/mol. The molecule has 1 heterocycles. The van der Waals surface area contributed by atoms with Crippen molar-refractivity contribution >= 4 is 6.21 Å². The van der Waals surface area contributed by atoms with Crippen molar-refractivity contribution in [2.24, 2.45) is 5.16 Å². The molecule has 0 aromatic rings. The van der Waals surface area contributed by atoms with Gasteiger partial charge >= 0.3 is 0 Å². The van der Waals surface area contributed by atoms with E-state index in [4.69, 9.17) is 4.84 Å². The Morgan fingerprint density at radius 1 is 1.78 bits per heavy atom. The van der Waals surface area contributed by atoms with Crippen LogP contribution < -0.4 is 0 Å². The van der Waals surface area contributed by atoms with Crippen LogP contribution in [0, 0.1) is 0 Å². The first-order valence-corrected chi connectivity index (χ1v) is 3.61. The van der Waals surface area contributed by atoms with Crippen molar-refractivity contribution in [2.45, 2.75) is 38.7 Å². The van der Waals surface area contributed by atoms with E-state index in [9.17, 15) is 0 Å². The lowest BCUT2D eigenvalue weighted by Crippen LogP contribution is -2.03. The Labute approximate surface area is 55.9 Å². The molecule has 1 aliphatic heterocycles. The molecule has 0 aliphatic carbocycles. The molecule has 2 nitrogen and oxygen atoms in total. The maximum Gasteiger partial charge on any atom is 0.132 e. The molecule has 0 saturated carbocycles. The van der Waals surface area contributed by atoms with Crippen LogP contribution in [0.2, 0.25) is 0 Å². The fourth-order valence-corrected chi connectivity index (χ4v) is 0.935. The summed E-state index contributed by atoms with van der Waals surface area (Å²) in [7, 11) is 0. The third-order valence-corrected chi connectivity index (χ3v) is 1.53. The van der Waals surface area contributed by atoms with Gasteiger partial charge in [0.1, 0.15) is 6.10 Å². The molecule has 1 rings (SSSR count). The van der Waals surface area contributed by atoms with E-state index in [1.807, 2.05) is 6.21 Å². The summed E-state index contributed by atoms with van der Waals surface area (Å²) in [6.07, 6.45) is 6.93. The first kappa shape index (κ1) is 6.59. The van der Waals surface area contributed by atoms with Gasteiger partial charge in [0.05, 0.1) is 0 Å². The number of rotatable bonds is 3. The molecule has 0 N–H and O–H groups in total. The van der Waals surface area contributed by atoms with Gasteiger partial charge in [0.2, 0.25) is 0 Å². The van der Waals surface area contributed by atoms with E-state index in [1.54, 1.807) is 0 Å². The molecule has 1 unspecified atom stereocenters. The zero-order chi connectivity index (χ0) is 6.53. The Balaban J connectivity index is 2.01. The van der Waals surface area contributed by atoms with Crippen LogP contribution in [0.5, 0.6) is 0 Å². The Morgan fingerprint density at radius 3 is 3.22 bits per heavy atom. The molecule has 0 bridgehead atoms. The highest BCUT2D eigenvalue weighted by atomic mass is 16.6. The number of nitrogens with zero attached hydrogens (tertiary/aromatic N) is 1. The maximum atomic E-state index is 5.02. The van der Waals surface area contributed by atoms with Crippen LogP contribution in [0.15, 0.2) is 5.16 Å². The highest BCUT2D eigenvalue weighted by Gasteiger charge is 2.10. The molecular weight excluding hydrogens is 114 g/mol. The zero-order valence-corrected chi connectivity index (χ0v) is 5.84. The fraction of sp³-hybridized carbons (Fsp3) is 0.857. The van der Waals surface area contributed by atoms with Crippen molar-refractivity contribution in [2.75, 3.05) is 0 Å². The molecule has 0 spiro atoms. The van der Waals surface area contributed by atoms with Crippen molar-refractivity contribution in [3.8, 4) is 0 Å². The van der Waals surface area contributed by atoms with Crippen LogP contribution in [0.25, 0.3) is 0 Å². The maximum absolute atomic E-state index is 5.02. The third-order valence-electron chi connectivity index (χ3n) is 1.53. The van der Waals surface area contributed by atoms with E-state index in [0.717, 1.165) is 12.8 Å². The van der Waals surface area contributed by atoms with E-state index in [0.29, 0.717) is 6.10 Å². The molecule has 0 radical (unpaired) electrons. The van der Waals surface area contributed by atoms with Gasteiger partial charge < -0.3 is 4.84 Å². The second-order valence-electron chi connectivity index (χ2n) is 2.39. The monoisotopic (exact) mass is 127 g/mol. The van der Waals surface area contributed by atoms with Crippen molar-refractivity contribution in [3.05, 3.63) is 0 Å². The summed E-state index contributed by atoms with van der Waals surface area (Å²) in [4.78, 5) is 5.02. The minimum Gasteiger partial charge on any atom is -0.392 e. The summed E-state index contributed by atoms with van der Waals surface area (Å²) in [5, 5.41) is 3.69. The van der Waals surface area contributed by atoms with Gasteiger partial charge in [-0.25, -0.2) is 0 Å². The van der Waals surface area contributed by atoms with Gasteiger partial charge in [-0.2, -0.15) is 0 Å². The summed E-state index contributed by atoms with van der Waals surface area (Å²) in [5.41, 5.74) is 0. The molecule has 9 heavy (non-hydrogen) atoms. The highest BCUT2D eigenvalue weighted by molar-refractivity contribution is 5.58. The second kappa shape index (κ2) is 3.49. The van der Waals surface area contributed by atoms with Gasteiger partial charge in [0.15, 0.2) is 0 Å². The quantitative estimate of drug-likeness (QED) is 0.567. The van der Waals surface area contributed by atoms with Crippen molar-refractivity contribution in [3.63, 3.8) is 0 Å². The Kier molecular flexibility index (Phi) is 2.55. The standard InChI is InChI=1S/C7H13NO/c1-2-3-4-7-5-6-8-9-7/h6-7H,2-5H2,1H3. The van der Waals surface area contributed by atoms with Crippen LogP contribution in [0.4, 0.5) is 0 Å². The fourth-order valence-electron chi connectivity index (χ4n) is 0.935. The summed E-state index contributed by atoms with van der Waals surface area (Å²) in [6.45, 7) is 2.19. The molecule has 0 aromatic heterocycles. The summed E-state index contributed by atoms with van der Waals surface area (Å²) < 4.78 is 0. The summed E-state index contributed by atoms with van der Waals surface area (Å²) in [6, 6.07) is 0. The van der Waals surface area contributed by atoms with Gasteiger partial charge in [-0.05, 0) is 12.8 Å². The van der Waals surface area contributed by atoms with Crippen LogP contribution in [0.1, 0.15) is 32.6 Å². The van der Waals surface area contributed by atoms with Gasteiger partial charge in [-0.1, -0.05) is 18.5 Å². The van der Waals surface area contributed by atoms with E-state index in [1.165, 1.54) is 12.8 Å². The van der Waals surface area contributed by atoms with Crippen molar-refractivity contribution < 1.29 is 4.84 Å². The van der Waals surface area contributed by atoms with Crippen LogP contribution in [-0.2, 0) is 4.84 Å². The Morgan fingerprint density at radius 2 is 2.67 bits per heavy atom. The Hall–Kier alpha value is -0.530. The molecule has 0 amide bonds. The first-order valence-electron chi connectivity index (χ1n) is 3.61. The largest absolute Gasteiger partial charge is 0.392 e. The number of oxime groups is 1. The minimum atomic E-state index is 0.393. The average molecular weight is 127 g/mol. The minimum absolute atomic E-state index is 0.393. The van der Waals surface area contributed by atoms with Crippen molar-refractivity contribution in [1.29, 1.82) is 0 Å². The van der Waals surface area contributed by atoms with Gasteiger partial charge in [-0.3, -0.25) is 0 Å². The lowest BCUT2D eigenvalue weighted by Gasteiger charge is -2.04. The van der Waals surface area contributed by atoms with Crippen LogP contribution in [-0.4, -0.2) is 12.3 Å². The highest BCUT2D eigenvalue weighted by Crippen LogP contribution is 2.11. The van der Waals surface area contributed by atoms with Crippen LogP contribution in [0.3, 0.4) is 0 Å². The lowest BCUT2D eigenvalue weighted by atomic mass is 10.1. The summed E-state index contributed by atoms with van der Waals surface area (Å²) >= 11 is 0. The topological polar surface area (TPSA) is 21.6 Å². The summed E-state index contributed by atoms with van der Waals surface area (Å²) in [5.74, 6) is 0. The van der Waals surface area contributed by atoms with Gasteiger partial charge in [0.25, 0.3) is 0 Å². The SMILES string of the molecule is CCCCC1CC=NO1. The third kappa shape index (κ3) is 2.04. The first-order chi connectivity index (χ1) is 4.43. The lowest BCUT2D eigenvalue weighted by molar-refractivity contribution is 0.0775. The van der Waals surface area contributed by atoms with Crippen LogP contribution >= 0.6 is 0 Å². The molecule has 0 saturated heterocycles. The molecule has 1 aliphatic rings. The molecular formula is C7H13NO. The smallest absolute Gasteiger partial charge is 0.132 e. The van der Waals surface area contributed by atoms with E-state index >= 15 is 0 Å². The van der Waals surface area contributed by atoms with Gasteiger partial charge in [0, 0.05) is 12.6 Å². The number of unbranched alkanes of at least 4 members (excludes halogenated alkanes) is 1. The predicted octanol–water partition coefficient (Wildman–Crippen LogP) is 1.95. The molecule has 2 heteroatoms. The Bertz CT molecular complexity index is 93.1. The van der Waals surface area contributed by atoms with E-state index in [-0.39, 0.29) is 0 Å². The zero-order valence-electron chi connectivity index (χ0n) is 5.84. The average Bonchev–Trinajstić information content (AvgIpc) is 2.34. The van der Waals surface area contributed by atoms with E-state index < -0.39 is 0 Å². The molecule has 0 fully saturated rings. The molecule has 0 aromatic carbocycles. The second-order valence-corrected chi connectivity index (χ2v) is 2.39. The van der Waals surface area contributed by atoms with E-state index in [2.05, 4.69) is 12.1 Å². The number of hydrogen-bond donors (Lipinski definition) is 0. The number of hydrogen-bond acceptors (Lipinski definition) is 2. The molecule has 52 valence electrons. The van der Waals surface area contributed by atoms with Gasteiger partial charge in [-0.15, -0.1) is 0 Å². The molecule has 1 atom stereocenters.